The van der Waals surface area contributed by atoms with Crippen LogP contribution < -0.4 is 11.1 Å². The number of hydrogen-bond donors (Lipinski definition) is 4. The molecule has 5 N–H and O–H groups in total. The first-order valence-electron chi connectivity index (χ1n) is 21.0. The summed E-state index contributed by atoms with van der Waals surface area (Å²) in [6.07, 6.45) is 57.2. The maximum Gasteiger partial charge on any atom is 0.472 e. The van der Waals surface area contributed by atoms with E-state index in [1.807, 2.05) is 18.2 Å². The average Bonchev–Trinajstić information content (AvgIpc) is 3.17. The third kappa shape index (κ3) is 39.2. The van der Waals surface area contributed by atoms with Crippen LogP contribution >= 0.6 is 7.82 Å². The molecule has 0 radical (unpaired) electrons. The highest BCUT2D eigenvalue weighted by Crippen LogP contribution is 2.43. The molecule has 0 aliphatic heterocycles. The minimum absolute atomic E-state index is 0.0541. The van der Waals surface area contributed by atoms with Crippen molar-refractivity contribution in [3.05, 3.63) is 109 Å². The Balaban J connectivity index is 4.49. The number of aliphatic hydroxyl groups is 1. The lowest BCUT2D eigenvalue weighted by Crippen LogP contribution is -2.45. The summed E-state index contributed by atoms with van der Waals surface area (Å²) in [5.74, 6) is -0.296. The fourth-order valence-corrected chi connectivity index (χ4v) is 5.94. The van der Waals surface area contributed by atoms with E-state index in [-0.39, 0.29) is 25.5 Å². The van der Waals surface area contributed by atoms with Crippen LogP contribution in [0, 0.1) is 0 Å². The van der Waals surface area contributed by atoms with E-state index in [1.165, 1.54) is 44.9 Å². The number of amides is 1. The van der Waals surface area contributed by atoms with Gasteiger partial charge in [-0.3, -0.25) is 13.8 Å². The molecule has 1 amide bonds. The van der Waals surface area contributed by atoms with Crippen LogP contribution in [0.25, 0.3) is 0 Å². The van der Waals surface area contributed by atoms with Gasteiger partial charge in [0.25, 0.3) is 0 Å². The number of phosphoric acid groups is 1. The first-order valence-corrected chi connectivity index (χ1v) is 22.5. The average molecular weight is 785 g/mol. The molecule has 0 saturated carbocycles. The predicted molar refractivity (Wildman–Crippen MR) is 235 cm³/mol. The summed E-state index contributed by atoms with van der Waals surface area (Å²) in [4.78, 5) is 22.6. The van der Waals surface area contributed by atoms with Crippen LogP contribution in [0.5, 0.6) is 0 Å². The molecule has 3 unspecified atom stereocenters. The summed E-state index contributed by atoms with van der Waals surface area (Å²) >= 11 is 0. The molecule has 0 rings (SSSR count). The van der Waals surface area contributed by atoms with Crippen molar-refractivity contribution < 1.29 is 28.4 Å². The molecule has 0 saturated heterocycles. The summed E-state index contributed by atoms with van der Waals surface area (Å²) in [6, 6.07) is -0.931. The number of aliphatic hydroxyl groups excluding tert-OH is 1. The number of nitrogens with one attached hydrogen (secondary N) is 1. The van der Waals surface area contributed by atoms with Gasteiger partial charge in [-0.15, -0.1) is 0 Å². The van der Waals surface area contributed by atoms with Gasteiger partial charge in [0.05, 0.1) is 25.4 Å². The number of rotatable bonds is 37. The molecule has 9 heteroatoms. The Morgan fingerprint density at radius 2 is 1.07 bits per heavy atom. The first kappa shape index (κ1) is 52.2. The molecule has 3 atom stereocenters. The van der Waals surface area contributed by atoms with Crippen LogP contribution in [0.2, 0.25) is 0 Å². The van der Waals surface area contributed by atoms with Crippen molar-refractivity contribution in [2.75, 3.05) is 19.8 Å². The van der Waals surface area contributed by atoms with Gasteiger partial charge in [0, 0.05) is 13.0 Å². The van der Waals surface area contributed by atoms with Crippen molar-refractivity contribution in [2.45, 2.75) is 154 Å². The van der Waals surface area contributed by atoms with Gasteiger partial charge >= 0.3 is 7.82 Å². The lowest BCUT2D eigenvalue weighted by Gasteiger charge is -2.23. The Morgan fingerprint density at radius 1 is 0.618 bits per heavy atom. The van der Waals surface area contributed by atoms with Crippen molar-refractivity contribution in [2.24, 2.45) is 5.73 Å². The second kappa shape index (κ2) is 40.8. The highest BCUT2D eigenvalue weighted by Gasteiger charge is 2.26. The molecule has 0 aliphatic rings. The summed E-state index contributed by atoms with van der Waals surface area (Å²) in [5, 5.41) is 13.6. The maximum absolute atomic E-state index is 12.7. The molecule has 312 valence electrons. The molecular weight excluding hydrogens is 707 g/mol. The van der Waals surface area contributed by atoms with Gasteiger partial charge in [-0.05, 0) is 83.5 Å². The standard InChI is InChI=1S/C46H77N2O6P/c1-3-5-7-9-11-13-15-17-19-21-22-24-26-28-30-32-34-36-38-40-46(50)48-44(43-54-55(51,52)53-42-41-47)45(49)39-37-35-33-31-29-27-25-23-20-18-16-14-12-10-8-6-4-2/h5,7,11,13,17,19-20,22-24,28-31,34,36-37,39,44-45,49H,3-4,6,8-10,12,14-16,18,21,25-27,32-33,35,38,40-43,47H2,1-2H3,(H,48,50)(H,51,52)/b7-5-,13-11-,19-17-,23-20+,24-22-,30-28-,31-29+,36-34-,39-37+. The molecule has 0 aliphatic carbocycles. The van der Waals surface area contributed by atoms with Gasteiger partial charge < -0.3 is 21.1 Å². The first-order chi connectivity index (χ1) is 26.9. The number of carbonyl (C=O) groups is 1. The summed E-state index contributed by atoms with van der Waals surface area (Å²) < 4.78 is 22.0. The second-order valence-corrected chi connectivity index (χ2v) is 14.9. The quantitative estimate of drug-likeness (QED) is 0.0280. The summed E-state index contributed by atoms with van der Waals surface area (Å²) in [7, 11) is -4.38. The normalized spacial score (nSPS) is 15.2. The zero-order valence-corrected chi connectivity index (χ0v) is 35.3. The smallest absolute Gasteiger partial charge is 0.387 e. The SMILES string of the molecule is CC/C=C\C/C=C\C/C=C\C/C=C\C/C=C\C/C=C\CCC(=O)NC(COP(=O)(O)OCCN)C(O)/C=C/CC/C=C/CC/C=C/CCCCCCCCC. The molecule has 0 bridgehead atoms. The van der Waals surface area contributed by atoms with Crippen LogP contribution in [0.3, 0.4) is 0 Å². The molecule has 0 aromatic carbocycles. The summed E-state index contributed by atoms with van der Waals surface area (Å²) in [6.45, 7) is 3.90. The van der Waals surface area contributed by atoms with Crippen molar-refractivity contribution in [1.82, 2.24) is 5.32 Å². The van der Waals surface area contributed by atoms with E-state index in [9.17, 15) is 19.4 Å². The van der Waals surface area contributed by atoms with Crippen molar-refractivity contribution >= 4 is 13.7 Å². The van der Waals surface area contributed by atoms with Gasteiger partial charge in [0.15, 0.2) is 0 Å². The van der Waals surface area contributed by atoms with Gasteiger partial charge in [0.1, 0.15) is 0 Å². The third-order valence-corrected chi connectivity index (χ3v) is 9.31. The summed E-state index contributed by atoms with van der Waals surface area (Å²) in [5.41, 5.74) is 5.36. The van der Waals surface area contributed by atoms with E-state index >= 15 is 0 Å². The van der Waals surface area contributed by atoms with Crippen LogP contribution in [0.4, 0.5) is 0 Å². The number of allylic oxidation sites excluding steroid dienone is 17. The Morgan fingerprint density at radius 3 is 1.60 bits per heavy atom. The number of phosphoric ester groups is 1. The minimum Gasteiger partial charge on any atom is -0.387 e. The second-order valence-electron chi connectivity index (χ2n) is 13.4. The Hall–Kier alpha value is -2.84. The number of unbranched alkanes of at least 4 members (excludes halogenated alkanes) is 9. The molecule has 0 fully saturated rings. The van der Waals surface area contributed by atoms with Gasteiger partial charge in [-0.2, -0.15) is 0 Å². The lowest BCUT2D eigenvalue weighted by molar-refractivity contribution is -0.122. The number of nitrogens with two attached hydrogens (primary N) is 1. The highest BCUT2D eigenvalue weighted by molar-refractivity contribution is 7.47. The zero-order chi connectivity index (χ0) is 40.3. The molecule has 0 heterocycles. The Kier molecular flexibility index (Phi) is 38.7. The largest absolute Gasteiger partial charge is 0.472 e. The van der Waals surface area contributed by atoms with Crippen molar-refractivity contribution in [3.63, 3.8) is 0 Å². The highest BCUT2D eigenvalue weighted by atomic mass is 31.2. The zero-order valence-electron chi connectivity index (χ0n) is 34.4. The number of hydrogen-bond acceptors (Lipinski definition) is 6. The topological polar surface area (TPSA) is 131 Å². The van der Waals surface area contributed by atoms with E-state index in [2.05, 4.69) is 104 Å². The minimum atomic E-state index is -4.38. The Labute approximate surface area is 335 Å². The molecule has 55 heavy (non-hydrogen) atoms. The fraction of sp³-hybridized carbons (Fsp3) is 0.587. The van der Waals surface area contributed by atoms with Crippen LogP contribution in [0.15, 0.2) is 109 Å². The van der Waals surface area contributed by atoms with Gasteiger partial charge in [-0.1, -0.05) is 162 Å². The van der Waals surface area contributed by atoms with Gasteiger partial charge in [0.2, 0.25) is 5.91 Å². The van der Waals surface area contributed by atoms with Gasteiger partial charge in [-0.25, -0.2) is 4.57 Å². The van der Waals surface area contributed by atoms with E-state index in [4.69, 9.17) is 14.8 Å². The van der Waals surface area contributed by atoms with E-state index in [0.717, 1.165) is 64.2 Å². The lowest BCUT2D eigenvalue weighted by atomic mass is 10.1. The van der Waals surface area contributed by atoms with Crippen LogP contribution in [-0.4, -0.2) is 47.8 Å². The molecule has 8 nitrogen and oxygen atoms in total. The monoisotopic (exact) mass is 785 g/mol. The maximum atomic E-state index is 12.7. The Bertz CT molecular complexity index is 1220. The van der Waals surface area contributed by atoms with E-state index in [1.54, 1.807) is 6.08 Å². The van der Waals surface area contributed by atoms with E-state index in [0.29, 0.717) is 12.8 Å². The predicted octanol–water partition coefficient (Wildman–Crippen LogP) is 11.8. The van der Waals surface area contributed by atoms with Crippen LogP contribution in [-0.2, 0) is 18.4 Å². The molecular formula is C46H77N2O6P. The number of carbonyl (C=O) groups excluding carboxylic acids is 1. The molecule has 0 aromatic heterocycles. The molecule has 0 aromatic rings. The molecule has 0 spiro atoms. The fourth-order valence-electron chi connectivity index (χ4n) is 5.18. The van der Waals surface area contributed by atoms with Crippen molar-refractivity contribution in [1.29, 1.82) is 0 Å². The van der Waals surface area contributed by atoms with Crippen LogP contribution in [0.1, 0.15) is 142 Å². The third-order valence-electron chi connectivity index (χ3n) is 8.32. The van der Waals surface area contributed by atoms with E-state index < -0.39 is 26.6 Å². The van der Waals surface area contributed by atoms with Crippen molar-refractivity contribution in [3.8, 4) is 0 Å².